The number of ether oxygens (including phenoxy) is 2. The van der Waals surface area contributed by atoms with Crippen LogP contribution in [0.1, 0.15) is 23.6 Å². The molecule has 0 aromatic heterocycles. The van der Waals surface area contributed by atoms with Crippen LogP contribution in [-0.2, 0) is 13.1 Å². The fraction of sp³-hybridized carbons (Fsp3) is 0.318. The standard InChI is InChI=1S/C22H27N3O2/c1-5-13-27-21-14-18(11-12-20(21)26-4)15-24-22(23-6-2)25-16-19-10-8-7-9-17(19)3/h1,7-12,14H,6,13,15-16H2,2-4H3,(H2,23,24,25). The van der Waals surface area contributed by atoms with Crippen LogP contribution in [0.15, 0.2) is 47.5 Å². The second kappa shape index (κ2) is 10.8. The molecule has 27 heavy (non-hydrogen) atoms. The van der Waals surface area contributed by atoms with Gasteiger partial charge in [-0.15, -0.1) is 6.42 Å². The van der Waals surface area contributed by atoms with Gasteiger partial charge in [-0.25, -0.2) is 4.99 Å². The summed E-state index contributed by atoms with van der Waals surface area (Å²) in [5.41, 5.74) is 3.51. The third-order valence-electron chi connectivity index (χ3n) is 4.01. The molecule has 0 saturated carbocycles. The summed E-state index contributed by atoms with van der Waals surface area (Å²) in [6, 6.07) is 14.1. The Hall–Kier alpha value is -3.13. The molecule has 0 aliphatic heterocycles. The van der Waals surface area contributed by atoms with Crippen LogP contribution in [0.3, 0.4) is 0 Å². The number of hydrogen-bond acceptors (Lipinski definition) is 3. The molecule has 0 unspecified atom stereocenters. The van der Waals surface area contributed by atoms with E-state index >= 15 is 0 Å². The van der Waals surface area contributed by atoms with Gasteiger partial charge in [-0.05, 0) is 42.7 Å². The van der Waals surface area contributed by atoms with Crippen LogP contribution in [0.4, 0.5) is 0 Å². The average Bonchev–Trinajstić information content (AvgIpc) is 2.69. The molecule has 0 aliphatic carbocycles. The van der Waals surface area contributed by atoms with Gasteiger partial charge >= 0.3 is 0 Å². The molecule has 0 heterocycles. The molecule has 5 nitrogen and oxygen atoms in total. The molecule has 0 radical (unpaired) electrons. The maximum Gasteiger partial charge on any atom is 0.191 e. The van der Waals surface area contributed by atoms with E-state index in [-0.39, 0.29) is 6.61 Å². The predicted molar refractivity (Wildman–Crippen MR) is 110 cm³/mol. The van der Waals surface area contributed by atoms with Gasteiger partial charge in [0.2, 0.25) is 0 Å². The SMILES string of the molecule is C#CCOc1cc(CN=C(NCC)NCc2ccccc2C)ccc1OC. The van der Waals surface area contributed by atoms with E-state index in [0.717, 1.165) is 24.6 Å². The third kappa shape index (κ3) is 6.27. The van der Waals surface area contributed by atoms with Gasteiger partial charge in [0.25, 0.3) is 0 Å². The van der Waals surface area contributed by atoms with Crippen LogP contribution >= 0.6 is 0 Å². The van der Waals surface area contributed by atoms with E-state index < -0.39 is 0 Å². The van der Waals surface area contributed by atoms with Crippen LogP contribution in [0.5, 0.6) is 11.5 Å². The molecule has 2 rings (SSSR count). The van der Waals surface area contributed by atoms with Crippen molar-refractivity contribution in [2.75, 3.05) is 20.3 Å². The summed E-state index contributed by atoms with van der Waals surface area (Å²) in [5, 5.41) is 6.65. The first-order chi connectivity index (χ1) is 13.2. The second-order valence-corrected chi connectivity index (χ2v) is 5.95. The smallest absolute Gasteiger partial charge is 0.191 e. The molecule has 0 amide bonds. The average molecular weight is 365 g/mol. The number of hydrogen-bond donors (Lipinski definition) is 2. The van der Waals surface area contributed by atoms with E-state index in [0.29, 0.717) is 18.0 Å². The lowest BCUT2D eigenvalue weighted by atomic mass is 10.1. The molecule has 0 fully saturated rings. The third-order valence-corrected chi connectivity index (χ3v) is 4.01. The number of terminal acetylenes is 1. The first kappa shape index (κ1) is 20.2. The van der Waals surface area contributed by atoms with Gasteiger partial charge < -0.3 is 20.1 Å². The molecule has 0 bridgehead atoms. The minimum atomic E-state index is 0.198. The van der Waals surface area contributed by atoms with Crippen molar-refractivity contribution in [2.45, 2.75) is 26.9 Å². The van der Waals surface area contributed by atoms with Crippen LogP contribution in [0.2, 0.25) is 0 Å². The number of benzene rings is 2. The maximum absolute atomic E-state index is 5.55. The summed E-state index contributed by atoms with van der Waals surface area (Å²) in [5.74, 6) is 4.51. The molecule has 0 atom stereocenters. The topological polar surface area (TPSA) is 54.9 Å². The maximum atomic E-state index is 5.55. The lowest BCUT2D eigenvalue weighted by Crippen LogP contribution is -2.36. The van der Waals surface area contributed by atoms with E-state index in [2.05, 4.69) is 40.6 Å². The van der Waals surface area contributed by atoms with Crippen LogP contribution in [-0.4, -0.2) is 26.2 Å². The summed E-state index contributed by atoms with van der Waals surface area (Å²) >= 11 is 0. The summed E-state index contributed by atoms with van der Waals surface area (Å²) in [7, 11) is 1.61. The Morgan fingerprint density at radius 1 is 1.15 bits per heavy atom. The van der Waals surface area contributed by atoms with Crippen LogP contribution in [0, 0.1) is 19.3 Å². The second-order valence-electron chi connectivity index (χ2n) is 5.95. The summed E-state index contributed by atoms with van der Waals surface area (Å²) in [6.07, 6.45) is 5.28. The van der Waals surface area contributed by atoms with Crippen molar-refractivity contribution < 1.29 is 9.47 Å². The number of nitrogens with zero attached hydrogens (tertiary/aromatic N) is 1. The lowest BCUT2D eigenvalue weighted by molar-refractivity contribution is 0.330. The normalized spacial score (nSPS) is 10.8. The predicted octanol–water partition coefficient (Wildman–Crippen LogP) is 3.27. The van der Waals surface area contributed by atoms with E-state index in [1.165, 1.54) is 11.1 Å². The van der Waals surface area contributed by atoms with Crippen LogP contribution < -0.4 is 20.1 Å². The molecule has 2 N–H and O–H groups in total. The largest absolute Gasteiger partial charge is 0.493 e. The van der Waals surface area contributed by atoms with Gasteiger partial charge in [-0.2, -0.15) is 0 Å². The minimum Gasteiger partial charge on any atom is -0.493 e. The number of aliphatic imine (C=N–C) groups is 1. The van der Waals surface area contributed by atoms with E-state index in [4.69, 9.17) is 15.9 Å². The highest BCUT2D eigenvalue weighted by molar-refractivity contribution is 5.79. The van der Waals surface area contributed by atoms with Crippen molar-refractivity contribution in [1.29, 1.82) is 0 Å². The zero-order valence-electron chi connectivity index (χ0n) is 16.2. The number of methoxy groups -OCH3 is 1. The molecule has 2 aromatic rings. The number of nitrogens with one attached hydrogen (secondary N) is 2. The summed E-state index contributed by atoms with van der Waals surface area (Å²) in [4.78, 5) is 4.66. The quantitative estimate of drug-likeness (QED) is 0.428. The molecule has 5 heteroatoms. The lowest BCUT2D eigenvalue weighted by Gasteiger charge is -2.13. The Morgan fingerprint density at radius 3 is 2.67 bits per heavy atom. The number of rotatable bonds is 8. The van der Waals surface area contributed by atoms with Crippen molar-refractivity contribution in [3.63, 3.8) is 0 Å². The van der Waals surface area contributed by atoms with Crippen molar-refractivity contribution in [2.24, 2.45) is 4.99 Å². The van der Waals surface area contributed by atoms with Crippen molar-refractivity contribution in [1.82, 2.24) is 10.6 Å². The highest BCUT2D eigenvalue weighted by Gasteiger charge is 2.06. The highest BCUT2D eigenvalue weighted by atomic mass is 16.5. The number of guanidine groups is 1. The molecule has 0 aliphatic rings. The van der Waals surface area contributed by atoms with Crippen LogP contribution in [0.25, 0.3) is 0 Å². The van der Waals surface area contributed by atoms with E-state index in [9.17, 15) is 0 Å². The number of aryl methyl sites for hydroxylation is 1. The monoisotopic (exact) mass is 365 g/mol. The first-order valence-corrected chi connectivity index (χ1v) is 8.97. The Kier molecular flexibility index (Phi) is 8.05. The van der Waals surface area contributed by atoms with E-state index in [1.807, 2.05) is 37.3 Å². The molecule has 0 spiro atoms. The van der Waals surface area contributed by atoms with Crippen molar-refractivity contribution in [3.8, 4) is 23.8 Å². The molecule has 0 saturated heterocycles. The Labute approximate surface area is 161 Å². The molecular weight excluding hydrogens is 338 g/mol. The van der Waals surface area contributed by atoms with Gasteiger partial charge in [0.1, 0.15) is 6.61 Å². The molecule has 142 valence electrons. The summed E-state index contributed by atoms with van der Waals surface area (Å²) in [6.45, 7) is 6.37. The molecular formula is C22H27N3O2. The fourth-order valence-electron chi connectivity index (χ4n) is 2.55. The van der Waals surface area contributed by atoms with Crippen molar-refractivity contribution >= 4 is 5.96 Å². The zero-order chi connectivity index (χ0) is 19.5. The van der Waals surface area contributed by atoms with Gasteiger partial charge in [0.05, 0.1) is 13.7 Å². The Balaban J connectivity index is 2.07. The Morgan fingerprint density at radius 2 is 1.96 bits per heavy atom. The van der Waals surface area contributed by atoms with Gasteiger partial charge in [0.15, 0.2) is 17.5 Å². The van der Waals surface area contributed by atoms with Gasteiger partial charge in [0, 0.05) is 13.1 Å². The zero-order valence-corrected chi connectivity index (χ0v) is 16.2. The minimum absolute atomic E-state index is 0.198. The fourth-order valence-corrected chi connectivity index (χ4v) is 2.55. The highest BCUT2D eigenvalue weighted by Crippen LogP contribution is 2.28. The van der Waals surface area contributed by atoms with E-state index in [1.54, 1.807) is 7.11 Å². The first-order valence-electron chi connectivity index (χ1n) is 8.97. The summed E-state index contributed by atoms with van der Waals surface area (Å²) < 4.78 is 10.9. The van der Waals surface area contributed by atoms with Gasteiger partial charge in [-0.3, -0.25) is 0 Å². The molecule has 2 aromatic carbocycles. The Bertz CT molecular complexity index is 809. The van der Waals surface area contributed by atoms with Crippen molar-refractivity contribution in [3.05, 3.63) is 59.2 Å². The van der Waals surface area contributed by atoms with Gasteiger partial charge in [-0.1, -0.05) is 36.3 Å².